The van der Waals surface area contributed by atoms with Gasteiger partial charge in [0.2, 0.25) is 0 Å². The standard InChI is InChI=1S/C31H29F3N6O/c1-38-17-35-37-30(38)24-13-21(33)6-7-23(24)20-11-28(19-4-5-19)36-29(12-20)40-16-26-25(31(40)41)9-18(10-27(26)34)15-39-8-2-3-22(39)14-32/h6-7,9-13,17,19,22H,2-5,8,14-16H2,1H3/t22-/m0/s1. The number of pyridine rings is 1. The number of aromatic nitrogens is 4. The molecule has 2 fully saturated rings. The van der Waals surface area contributed by atoms with E-state index in [1.807, 2.05) is 11.0 Å². The molecule has 7 nitrogen and oxygen atoms in total. The molecule has 41 heavy (non-hydrogen) atoms. The summed E-state index contributed by atoms with van der Waals surface area (Å²) in [5.41, 5.74) is 4.24. The van der Waals surface area contributed by atoms with Gasteiger partial charge in [-0.15, -0.1) is 10.2 Å². The van der Waals surface area contributed by atoms with Crippen LogP contribution in [-0.2, 0) is 20.1 Å². The lowest BCUT2D eigenvalue weighted by Crippen LogP contribution is -2.30. The molecule has 10 heteroatoms. The van der Waals surface area contributed by atoms with Crippen molar-refractivity contribution in [3.05, 3.63) is 82.8 Å². The molecule has 3 aliphatic rings. The summed E-state index contributed by atoms with van der Waals surface area (Å²) < 4.78 is 44.9. The third kappa shape index (κ3) is 4.69. The van der Waals surface area contributed by atoms with Crippen molar-refractivity contribution >= 4 is 11.7 Å². The number of alkyl halides is 1. The molecule has 0 radical (unpaired) electrons. The first kappa shape index (κ1) is 25.9. The van der Waals surface area contributed by atoms with E-state index in [1.54, 1.807) is 36.1 Å². The number of hydrogen-bond donors (Lipinski definition) is 0. The van der Waals surface area contributed by atoms with Crippen LogP contribution < -0.4 is 4.90 Å². The van der Waals surface area contributed by atoms with Crippen LogP contribution in [0.15, 0.2) is 48.8 Å². The van der Waals surface area contributed by atoms with Crippen LogP contribution in [0.1, 0.15) is 58.8 Å². The molecule has 4 heterocycles. The van der Waals surface area contributed by atoms with Gasteiger partial charge in [-0.3, -0.25) is 14.6 Å². The van der Waals surface area contributed by atoms with Crippen LogP contribution in [0.3, 0.4) is 0 Å². The van der Waals surface area contributed by atoms with E-state index in [1.165, 1.54) is 23.1 Å². The third-order valence-corrected chi connectivity index (χ3v) is 8.46. The Kier molecular flexibility index (Phi) is 6.37. The Balaban J connectivity index is 1.26. The molecule has 1 amide bonds. The monoisotopic (exact) mass is 558 g/mol. The number of amides is 1. The summed E-state index contributed by atoms with van der Waals surface area (Å²) in [7, 11) is 1.79. The first-order chi connectivity index (χ1) is 19.9. The summed E-state index contributed by atoms with van der Waals surface area (Å²) in [6, 6.07) is 11.4. The van der Waals surface area contributed by atoms with Crippen LogP contribution in [0.4, 0.5) is 19.0 Å². The molecule has 1 saturated carbocycles. The maximum atomic E-state index is 15.4. The van der Waals surface area contributed by atoms with Crippen molar-refractivity contribution in [3.8, 4) is 22.5 Å². The lowest BCUT2D eigenvalue weighted by molar-refractivity contribution is 0.0995. The minimum atomic E-state index is -0.439. The highest BCUT2D eigenvalue weighted by atomic mass is 19.1. The van der Waals surface area contributed by atoms with Crippen LogP contribution in [0, 0.1) is 11.6 Å². The van der Waals surface area contributed by atoms with Gasteiger partial charge < -0.3 is 4.57 Å². The normalized spacial score (nSPS) is 18.9. The van der Waals surface area contributed by atoms with Crippen molar-refractivity contribution in [2.24, 2.45) is 7.05 Å². The lowest BCUT2D eigenvalue weighted by atomic mass is 9.98. The number of hydrogen-bond acceptors (Lipinski definition) is 5. The number of anilines is 1. The van der Waals surface area contributed by atoms with Crippen LogP contribution in [0.2, 0.25) is 0 Å². The minimum absolute atomic E-state index is 0.0667. The molecule has 0 unspecified atom stereocenters. The van der Waals surface area contributed by atoms with Crippen LogP contribution >= 0.6 is 0 Å². The van der Waals surface area contributed by atoms with E-state index in [9.17, 15) is 13.6 Å². The maximum absolute atomic E-state index is 15.4. The van der Waals surface area contributed by atoms with Gasteiger partial charge in [-0.1, -0.05) is 6.07 Å². The number of halogens is 3. The van der Waals surface area contributed by atoms with E-state index in [0.717, 1.165) is 49.0 Å². The zero-order valence-electron chi connectivity index (χ0n) is 22.7. The fourth-order valence-electron chi connectivity index (χ4n) is 6.11. The summed E-state index contributed by atoms with van der Waals surface area (Å²) in [4.78, 5) is 22.1. The van der Waals surface area contributed by atoms with E-state index in [-0.39, 0.29) is 24.4 Å². The van der Waals surface area contributed by atoms with Gasteiger partial charge in [-0.05, 0) is 85.3 Å². The fourth-order valence-corrected chi connectivity index (χ4v) is 6.11. The Morgan fingerprint density at radius 3 is 2.61 bits per heavy atom. The SMILES string of the molecule is Cn1cnnc1-c1cc(F)ccc1-c1cc(C2CC2)nc(N2Cc3c(F)cc(CN4CCC[C@H]4CF)cc3C2=O)c1. The van der Waals surface area contributed by atoms with Crippen molar-refractivity contribution in [1.82, 2.24) is 24.6 Å². The molecule has 0 N–H and O–H groups in total. The van der Waals surface area contributed by atoms with E-state index in [0.29, 0.717) is 40.4 Å². The molecule has 1 aliphatic carbocycles. The lowest BCUT2D eigenvalue weighted by Gasteiger charge is -2.22. The number of benzene rings is 2. The number of aryl methyl sites for hydroxylation is 1. The summed E-state index contributed by atoms with van der Waals surface area (Å²) in [5, 5.41) is 8.14. The van der Waals surface area contributed by atoms with E-state index >= 15 is 4.39 Å². The van der Waals surface area contributed by atoms with Gasteiger partial charge in [-0.2, -0.15) is 0 Å². The second-order valence-corrected chi connectivity index (χ2v) is 11.3. The molecular formula is C31H29F3N6O. The third-order valence-electron chi connectivity index (χ3n) is 8.46. The largest absolute Gasteiger partial charge is 0.317 e. The summed E-state index contributed by atoms with van der Waals surface area (Å²) in [6.07, 6.45) is 5.25. The summed E-state index contributed by atoms with van der Waals surface area (Å²) in [6.45, 7) is 0.796. The number of carbonyl (C=O) groups is 1. The highest BCUT2D eigenvalue weighted by Crippen LogP contribution is 2.43. The fraction of sp³-hybridized carbons (Fsp3) is 0.355. The second kappa shape index (κ2) is 10.1. The molecule has 210 valence electrons. The van der Waals surface area contributed by atoms with Crippen LogP contribution in [0.25, 0.3) is 22.5 Å². The Hall–Kier alpha value is -4.05. The Labute approximate surface area is 235 Å². The Bertz CT molecular complexity index is 1670. The van der Waals surface area contributed by atoms with Gasteiger partial charge in [0.05, 0.1) is 6.54 Å². The maximum Gasteiger partial charge on any atom is 0.260 e. The van der Waals surface area contributed by atoms with Crippen LogP contribution in [-0.4, -0.2) is 49.8 Å². The zero-order valence-corrected chi connectivity index (χ0v) is 22.7. The topological polar surface area (TPSA) is 67.2 Å². The average molecular weight is 559 g/mol. The summed E-state index contributed by atoms with van der Waals surface area (Å²) in [5.74, 6) is 0.0654. The van der Waals surface area contributed by atoms with E-state index < -0.39 is 18.3 Å². The average Bonchev–Trinajstić information content (AvgIpc) is 3.43. The molecule has 7 rings (SSSR count). The van der Waals surface area contributed by atoms with Gasteiger partial charge in [-0.25, -0.2) is 18.2 Å². The highest BCUT2D eigenvalue weighted by molar-refractivity contribution is 6.10. The van der Waals surface area contributed by atoms with E-state index in [4.69, 9.17) is 4.98 Å². The van der Waals surface area contributed by atoms with Crippen molar-refractivity contribution < 1.29 is 18.0 Å². The molecule has 2 aromatic heterocycles. The van der Waals surface area contributed by atoms with Crippen molar-refractivity contribution in [2.75, 3.05) is 18.1 Å². The first-order valence-corrected chi connectivity index (χ1v) is 14.0. The predicted octanol–water partition coefficient (Wildman–Crippen LogP) is 5.79. The van der Waals surface area contributed by atoms with Gasteiger partial charge in [0.25, 0.3) is 5.91 Å². The van der Waals surface area contributed by atoms with Crippen molar-refractivity contribution in [3.63, 3.8) is 0 Å². The number of nitrogens with zero attached hydrogens (tertiary/aromatic N) is 6. The number of fused-ring (bicyclic) bond motifs is 1. The van der Waals surface area contributed by atoms with Gasteiger partial charge >= 0.3 is 0 Å². The second-order valence-electron chi connectivity index (χ2n) is 11.3. The molecule has 0 bridgehead atoms. The molecule has 1 saturated heterocycles. The Morgan fingerprint density at radius 2 is 1.85 bits per heavy atom. The molecular weight excluding hydrogens is 529 g/mol. The smallest absolute Gasteiger partial charge is 0.260 e. The first-order valence-electron chi connectivity index (χ1n) is 14.0. The Morgan fingerprint density at radius 1 is 1.00 bits per heavy atom. The summed E-state index contributed by atoms with van der Waals surface area (Å²) >= 11 is 0. The molecule has 2 aromatic carbocycles. The van der Waals surface area contributed by atoms with Crippen molar-refractivity contribution in [1.29, 1.82) is 0 Å². The molecule has 4 aromatic rings. The van der Waals surface area contributed by atoms with E-state index in [2.05, 4.69) is 10.2 Å². The quantitative estimate of drug-likeness (QED) is 0.287. The molecule has 0 spiro atoms. The van der Waals surface area contributed by atoms with Gasteiger partial charge in [0, 0.05) is 47.9 Å². The van der Waals surface area contributed by atoms with Gasteiger partial charge in [0.1, 0.15) is 30.5 Å². The number of likely N-dealkylation sites (tertiary alicyclic amines) is 1. The zero-order chi connectivity index (χ0) is 28.2. The number of carbonyl (C=O) groups excluding carboxylic acids is 1. The minimum Gasteiger partial charge on any atom is -0.317 e. The molecule has 1 atom stereocenters. The van der Waals surface area contributed by atoms with Crippen molar-refractivity contribution in [2.45, 2.75) is 50.7 Å². The highest BCUT2D eigenvalue weighted by Gasteiger charge is 2.35. The van der Waals surface area contributed by atoms with Gasteiger partial charge in [0.15, 0.2) is 5.82 Å². The predicted molar refractivity (Wildman–Crippen MR) is 148 cm³/mol. The number of rotatable bonds is 7. The molecule has 2 aliphatic heterocycles. The van der Waals surface area contributed by atoms with Crippen LogP contribution in [0.5, 0.6) is 0 Å².